The Bertz CT molecular complexity index is 2720. The molecule has 6 aromatic rings. The molecule has 0 aromatic heterocycles. The zero-order valence-corrected chi connectivity index (χ0v) is 33.3. The second kappa shape index (κ2) is 16.7. The maximum Gasteiger partial charge on any atom is 0.271 e. The number of hydrogen-bond acceptors (Lipinski definition) is 9. The normalized spacial score (nSPS) is 11.3. The van der Waals surface area contributed by atoms with Crippen LogP contribution in [0.15, 0.2) is 154 Å². The minimum atomic E-state index is -4.55. The number of ether oxygens (including phenoxy) is 1. The Hall–Kier alpha value is -6.56. The van der Waals surface area contributed by atoms with Gasteiger partial charge in [0.2, 0.25) is 0 Å². The first-order valence-electron chi connectivity index (χ1n) is 16.8. The molecule has 290 valence electrons. The third kappa shape index (κ3) is 9.12. The lowest BCUT2D eigenvalue weighted by Gasteiger charge is -2.25. The standard InChI is InChI=1S/C40H32BrN5O9S2/c1-26-14-15-27(24-37(26)57(53,54)44-30-20-22-34(55-2)23-21-30)39(47)42-38-35(12-7-13-36(38)56(51,52)43-29-18-16-28(41)17-19-29)40(48)45(31-8-4-3-5-9-31)32-10-6-11-33(25-32)46(49)50/h3-25,43-44H,1-2H3,(H,42,47). The first-order chi connectivity index (χ1) is 27.2. The SMILES string of the molecule is COc1ccc(NS(=O)(=O)c2cc(C(=O)Nc3c(C(=O)N(c4ccccc4)c4cccc([N+](=O)[O-])c4)cccc3S(=O)(=O)Nc3ccc(Br)cc3)ccc2C)cc1. The Morgan fingerprint density at radius 2 is 1.30 bits per heavy atom. The second-order valence-corrected chi connectivity index (χ2v) is 16.5. The van der Waals surface area contributed by atoms with Crippen molar-refractivity contribution in [3.05, 3.63) is 171 Å². The highest BCUT2D eigenvalue weighted by Gasteiger charge is 2.30. The molecule has 0 aliphatic carbocycles. The first kappa shape index (κ1) is 40.1. The number of nitro groups is 1. The van der Waals surface area contributed by atoms with Gasteiger partial charge in [-0.2, -0.15) is 0 Å². The number of aryl methyl sites for hydroxylation is 1. The molecule has 14 nitrogen and oxygen atoms in total. The van der Waals surface area contributed by atoms with Crippen LogP contribution in [-0.2, 0) is 20.0 Å². The predicted octanol–water partition coefficient (Wildman–Crippen LogP) is 8.51. The van der Waals surface area contributed by atoms with Crippen LogP contribution in [0.4, 0.5) is 34.1 Å². The molecular formula is C40H32BrN5O9S2. The number of carbonyl (C=O) groups is 2. The smallest absolute Gasteiger partial charge is 0.271 e. The number of anilines is 5. The number of halogens is 1. The average Bonchev–Trinajstić information content (AvgIpc) is 3.19. The number of non-ortho nitro benzene ring substituents is 1. The van der Waals surface area contributed by atoms with Gasteiger partial charge in [0, 0.05) is 39.2 Å². The number of carbonyl (C=O) groups excluding carboxylic acids is 2. The van der Waals surface area contributed by atoms with Gasteiger partial charge in [0.25, 0.3) is 37.5 Å². The van der Waals surface area contributed by atoms with E-state index < -0.39 is 47.4 Å². The molecular weight excluding hydrogens is 839 g/mol. The molecule has 0 fully saturated rings. The minimum Gasteiger partial charge on any atom is -0.497 e. The fourth-order valence-corrected chi connectivity index (χ4v) is 8.54. The molecule has 0 heterocycles. The lowest BCUT2D eigenvalue weighted by Crippen LogP contribution is -2.29. The summed E-state index contributed by atoms with van der Waals surface area (Å²) in [5, 5.41) is 14.3. The van der Waals surface area contributed by atoms with Crippen molar-refractivity contribution in [2.24, 2.45) is 0 Å². The third-order valence-corrected chi connectivity index (χ3v) is 12.0. The molecule has 0 saturated carbocycles. The van der Waals surface area contributed by atoms with Crippen molar-refractivity contribution >= 4 is 81.9 Å². The summed E-state index contributed by atoms with van der Waals surface area (Å²) in [5.41, 5.74) is -0.165. The minimum absolute atomic E-state index is 0.0802. The molecule has 6 aromatic carbocycles. The van der Waals surface area contributed by atoms with Crippen LogP contribution in [0.2, 0.25) is 0 Å². The van der Waals surface area contributed by atoms with Crippen LogP contribution in [0.1, 0.15) is 26.3 Å². The molecule has 0 atom stereocenters. The molecule has 0 saturated heterocycles. The summed E-state index contributed by atoms with van der Waals surface area (Å²) in [6.07, 6.45) is 0. The molecule has 0 unspecified atom stereocenters. The molecule has 0 aliphatic rings. The average molecular weight is 871 g/mol. The molecule has 0 aliphatic heterocycles. The lowest BCUT2D eigenvalue weighted by molar-refractivity contribution is -0.384. The predicted molar refractivity (Wildman–Crippen MR) is 220 cm³/mol. The highest BCUT2D eigenvalue weighted by molar-refractivity contribution is 9.10. The summed E-state index contributed by atoms with van der Waals surface area (Å²) >= 11 is 3.31. The van der Waals surface area contributed by atoms with Crippen LogP contribution >= 0.6 is 15.9 Å². The molecule has 0 spiro atoms. The Morgan fingerprint density at radius 1 is 0.702 bits per heavy atom. The Kier molecular flexibility index (Phi) is 11.7. The quantitative estimate of drug-likeness (QED) is 0.0754. The van der Waals surface area contributed by atoms with Crippen molar-refractivity contribution in [2.45, 2.75) is 16.7 Å². The largest absolute Gasteiger partial charge is 0.497 e. The summed E-state index contributed by atoms with van der Waals surface area (Å²) < 4.78 is 66.2. The van der Waals surface area contributed by atoms with Gasteiger partial charge in [0.1, 0.15) is 10.6 Å². The van der Waals surface area contributed by atoms with E-state index in [9.17, 15) is 36.5 Å². The Labute approximate surface area is 336 Å². The van der Waals surface area contributed by atoms with E-state index >= 15 is 0 Å². The Morgan fingerprint density at radius 3 is 1.93 bits per heavy atom. The van der Waals surface area contributed by atoms with Crippen LogP contribution in [0, 0.1) is 17.0 Å². The van der Waals surface area contributed by atoms with Gasteiger partial charge < -0.3 is 10.1 Å². The van der Waals surface area contributed by atoms with Crippen molar-refractivity contribution in [3.63, 3.8) is 0 Å². The molecule has 17 heteroatoms. The van der Waals surface area contributed by atoms with Gasteiger partial charge >= 0.3 is 0 Å². The highest BCUT2D eigenvalue weighted by atomic mass is 79.9. The van der Waals surface area contributed by atoms with Crippen LogP contribution in [-0.4, -0.2) is 40.7 Å². The number of hydrogen-bond donors (Lipinski definition) is 3. The van der Waals surface area contributed by atoms with Gasteiger partial charge in [0.15, 0.2) is 0 Å². The third-order valence-electron chi connectivity index (χ3n) is 8.48. The molecule has 2 amide bonds. The van der Waals surface area contributed by atoms with Gasteiger partial charge in [-0.25, -0.2) is 16.8 Å². The molecule has 3 N–H and O–H groups in total. The summed E-state index contributed by atoms with van der Waals surface area (Å²) in [6.45, 7) is 1.54. The fraction of sp³-hybridized carbons (Fsp3) is 0.0500. The van der Waals surface area contributed by atoms with Crippen LogP contribution in [0.5, 0.6) is 5.75 Å². The van der Waals surface area contributed by atoms with Gasteiger partial charge in [-0.15, -0.1) is 0 Å². The molecule has 0 radical (unpaired) electrons. The van der Waals surface area contributed by atoms with Crippen molar-refractivity contribution in [2.75, 3.05) is 26.8 Å². The fourth-order valence-electron chi connectivity index (χ4n) is 5.70. The number of benzene rings is 6. The number of amides is 2. The number of rotatable bonds is 13. The van der Waals surface area contributed by atoms with Gasteiger partial charge in [0.05, 0.1) is 33.9 Å². The lowest BCUT2D eigenvalue weighted by atomic mass is 10.1. The summed E-state index contributed by atoms with van der Waals surface area (Å²) in [6, 6.07) is 33.6. The summed E-state index contributed by atoms with van der Waals surface area (Å²) in [4.78, 5) is 40.5. The number of nitrogens with zero attached hydrogens (tertiary/aromatic N) is 2. The van der Waals surface area contributed by atoms with Gasteiger partial charge in [-0.3, -0.25) is 34.0 Å². The highest BCUT2D eigenvalue weighted by Crippen LogP contribution is 2.35. The summed E-state index contributed by atoms with van der Waals surface area (Å²) in [5.74, 6) is -1.29. The van der Waals surface area contributed by atoms with Crippen molar-refractivity contribution in [1.29, 1.82) is 0 Å². The van der Waals surface area contributed by atoms with E-state index in [1.807, 2.05) is 0 Å². The number of sulfonamides is 2. The van der Waals surface area contributed by atoms with Crippen LogP contribution in [0.25, 0.3) is 0 Å². The van der Waals surface area contributed by atoms with Crippen LogP contribution in [0.3, 0.4) is 0 Å². The summed E-state index contributed by atoms with van der Waals surface area (Å²) in [7, 11) is -7.33. The van der Waals surface area contributed by atoms with E-state index in [1.165, 1.54) is 86.0 Å². The van der Waals surface area contributed by atoms with E-state index in [1.54, 1.807) is 61.5 Å². The van der Waals surface area contributed by atoms with Crippen LogP contribution < -0.4 is 24.4 Å². The van der Waals surface area contributed by atoms with Crippen molar-refractivity contribution < 1.29 is 36.1 Å². The molecule has 0 bridgehead atoms. The maximum absolute atomic E-state index is 14.8. The maximum atomic E-state index is 14.8. The number of para-hydroxylation sites is 2. The van der Waals surface area contributed by atoms with E-state index in [0.717, 1.165) is 11.0 Å². The van der Waals surface area contributed by atoms with E-state index in [4.69, 9.17) is 4.74 Å². The Balaban J connectivity index is 1.46. The van der Waals surface area contributed by atoms with E-state index in [0.29, 0.717) is 15.8 Å². The first-order valence-corrected chi connectivity index (χ1v) is 20.6. The number of methoxy groups -OCH3 is 1. The zero-order chi connectivity index (χ0) is 40.9. The topological polar surface area (TPSA) is 194 Å². The zero-order valence-electron chi connectivity index (χ0n) is 30.0. The molecule has 57 heavy (non-hydrogen) atoms. The monoisotopic (exact) mass is 869 g/mol. The van der Waals surface area contributed by atoms with Crippen molar-refractivity contribution in [1.82, 2.24) is 0 Å². The molecule has 6 rings (SSSR count). The van der Waals surface area contributed by atoms with Crippen molar-refractivity contribution in [3.8, 4) is 5.75 Å². The number of nitro benzene ring substituents is 1. The van der Waals surface area contributed by atoms with E-state index in [-0.39, 0.29) is 44.5 Å². The van der Waals surface area contributed by atoms with Gasteiger partial charge in [-0.05, 0) is 103 Å². The van der Waals surface area contributed by atoms with E-state index in [2.05, 4.69) is 30.7 Å². The number of nitrogens with one attached hydrogen (secondary N) is 3. The second-order valence-electron chi connectivity index (χ2n) is 12.3. The van der Waals surface area contributed by atoms with Gasteiger partial charge in [-0.1, -0.05) is 52.3 Å².